The molecule has 0 fully saturated rings. The van der Waals surface area contributed by atoms with Crippen molar-refractivity contribution in [2.45, 2.75) is 4.90 Å². The molecule has 0 bridgehead atoms. The molecule has 92 valence electrons. The Morgan fingerprint density at radius 3 is 2.21 bits per heavy atom. The molecule has 3 heteroatoms. The van der Waals surface area contributed by atoms with Crippen LogP contribution < -0.4 is 0 Å². The Hall–Kier alpha value is -2.13. The number of hydrogen-bond acceptors (Lipinski definition) is 3. The molecular formula is C16H12N2S. The second kappa shape index (κ2) is 5.24. The zero-order valence-corrected chi connectivity index (χ0v) is 11.1. The molecule has 0 radical (unpaired) electrons. The summed E-state index contributed by atoms with van der Waals surface area (Å²) in [5.41, 5.74) is 3.69. The molecule has 0 saturated carbocycles. The van der Waals surface area contributed by atoms with Crippen molar-refractivity contribution in [3.63, 3.8) is 0 Å². The van der Waals surface area contributed by atoms with Gasteiger partial charge < -0.3 is 0 Å². The zero-order valence-electron chi connectivity index (χ0n) is 10.2. The summed E-state index contributed by atoms with van der Waals surface area (Å²) in [5, 5.41) is 0. The molecule has 3 aromatic rings. The van der Waals surface area contributed by atoms with Crippen molar-refractivity contribution in [3.8, 4) is 22.6 Å². The molecule has 0 aliphatic carbocycles. The van der Waals surface area contributed by atoms with Gasteiger partial charge in [0.2, 0.25) is 0 Å². The van der Waals surface area contributed by atoms with Gasteiger partial charge in [0.15, 0.2) is 0 Å². The lowest BCUT2D eigenvalue weighted by molar-refractivity contribution is 1.22. The minimum atomic E-state index is 0.840. The lowest BCUT2D eigenvalue weighted by atomic mass is 10.1. The summed E-state index contributed by atoms with van der Waals surface area (Å²) in [6.07, 6.45) is 1.77. The van der Waals surface area contributed by atoms with E-state index in [9.17, 15) is 0 Å². The molecule has 0 aliphatic rings. The molecule has 0 spiro atoms. The number of benzene rings is 1. The van der Waals surface area contributed by atoms with E-state index in [2.05, 4.69) is 22.6 Å². The Kier molecular flexibility index (Phi) is 3.29. The van der Waals surface area contributed by atoms with Crippen LogP contribution in [0.1, 0.15) is 0 Å². The first-order chi connectivity index (χ1) is 9.33. The van der Waals surface area contributed by atoms with Crippen LogP contribution in [-0.4, -0.2) is 9.97 Å². The fourth-order valence-corrected chi connectivity index (χ4v) is 2.16. The summed E-state index contributed by atoms with van der Waals surface area (Å²) in [7, 11) is 0. The first kappa shape index (κ1) is 11.9. The highest BCUT2D eigenvalue weighted by Crippen LogP contribution is 2.24. The van der Waals surface area contributed by atoms with Gasteiger partial charge in [0, 0.05) is 16.7 Å². The zero-order chi connectivity index (χ0) is 13.1. The third-order valence-corrected chi connectivity index (χ3v) is 3.07. The number of thiol groups is 1. The van der Waals surface area contributed by atoms with E-state index in [4.69, 9.17) is 0 Å². The molecule has 0 amide bonds. The molecule has 0 atom stereocenters. The summed E-state index contributed by atoms with van der Waals surface area (Å²) < 4.78 is 0. The van der Waals surface area contributed by atoms with Crippen molar-refractivity contribution in [2.75, 3.05) is 0 Å². The van der Waals surface area contributed by atoms with E-state index in [-0.39, 0.29) is 0 Å². The Labute approximate surface area is 117 Å². The summed E-state index contributed by atoms with van der Waals surface area (Å²) in [4.78, 5) is 9.87. The lowest BCUT2D eigenvalue weighted by Crippen LogP contribution is -1.90. The highest BCUT2D eigenvalue weighted by atomic mass is 32.1. The first-order valence-electron chi connectivity index (χ1n) is 6.01. The normalized spacial score (nSPS) is 10.4. The Morgan fingerprint density at radius 1 is 0.737 bits per heavy atom. The van der Waals surface area contributed by atoms with E-state index < -0.39 is 0 Å². The van der Waals surface area contributed by atoms with Crippen molar-refractivity contribution in [2.24, 2.45) is 0 Å². The molecule has 3 rings (SSSR count). The Morgan fingerprint density at radius 2 is 1.47 bits per heavy atom. The van der Waals surface area contributed by atoms with E-state index in [1.165, 1.54) is 0 Å². The number of aromatic nitrogens is 2. The second-order valence-electron chi connectivity index (χ2n) is 4.18. The van der Waals surface area contributed by atoms with Crippen LogP contribution in [-0.2, 0) is 0 Å². The van der Waals surface area contributed by atoms with Gasteiger partial charge in [-0.2, -0.15) is 0 Å². The van der Waals surface area contributed by atoms with Crippen molar-refractivity contribution in [1.29, 1.82) is 0 Å². The number of hydrogen-bond donors (Lipinski definition) is 1. The summed E-state index contributed by atoms with van der Waals surface area (Å²) in [5.74, 6) is 0. The minimum absolute atomic E-state index is 0.840. The third-order valence-electron chi connectivity index (χ3n) is 2.81. The Balaban J connectivity index is 2.12. The maximum Gasteiger partial charge on any atom is 0.0904 e. The van der Waals surface area contributed by atoms with Crippen LogP contribution >= 0.6 is 12.6 Å². The molecule has 0 N–H and O–H groups in total. The topological polar surface area (TPSA) is 25.8 Å². The van der Waals surface area contributed by atoms with Gasteiger partial charge in [0.1, 0.15) is 0 Å². The van der Waals surface area contributed by atoms with Crippen LogP contribution in [0.4, 0.5) is 0 Å². The molecule has 2 nitrogen and oxygen atoms in total. The fraction of sp³-hybridized carbons (Fsp3) is 0. The highest BCUT2D eigenvalue weighted by molar-refractivity contribution is 7.80. The van der Waals surface area contributed by atoms with Crippen LogP contribution in [0.2, 0.25) is 0 Å². The van der Waals surface area contributed by atoms with Gasteiger partial charge >= 0.3 is 0 Å². The van der Waals surface area contributed by atoms with Gasteiger partial charge in [0.05, 0.1) is 17.1 Å². The maximum absolute atomic E-state index is 4.66. The minimum Gasteiger partial charge on any atom is -0.255 e. The van der Waals surface area contributed by atoms with Crippen LogP contribution in [0.15, 0.2) is 71.8 Å². The number of rotatable bonds is 2. The summed E-state index contributed by atoms with van der Waals surface area (Å²) >= 11 is 4.46. The smallest absolute Gasteiger partial charge is 0.0904 e. The van der Waals surface area contributed by atoms with Gasteiger partial charge in [-0.05, 0) is 24.3 Å². The van der Waals surface area contributed by atoms with E-state index in [0.29, 0.717) is 0 Å². The molecule has 0 saturated heterocycles. The number of pyridine rings is 2. The van der Waals surface area contributed by atoms with Gasteiger partial charge in [-0.15, -0.1) is 12.6 Å². The molecule has 1 aromatic carbocycles. The summed E-state index contributed by atoms with van der Waals surface area (Å²) in [6, 6.07) is 19.8. The van der Waals surface area contributed by atoms with Crippen LogP contribution in [0.25, 0.3) is 22.6 Å². The monoisotopic (exact) mass is 264 g/mol. The lowest BCUT2D eigenvalue weighted by Gasteiger charge is -2.06. The maximum atomic E-state index is 4.66. The highest BCUT2D eigenvalue weighted by Gasteiger charge is 2.05. The van der Waals surface area contributed by atoms with Crippen molar-refractivity contribution in [1.82, 2.24) is 9.97 Å². The van der Waals surface area contributed by atoms with E-state index in [0.717, 1.165) is 27.5 Å². The van der Waals surface area contributed by atoms with E-state index in [1.54, 1.807) is 6.20 Å². The molecule has 2 heterocycles. The van der Waals surface area contributed by atoms with Crippen LogP contribution in [0.5, 0.6) is 0 Å². The first-order valence-corrected chi connectivity index (χ1v) is 6.45. The third kappa shape index (κ3) is 2.66. The quantitative estimate of drug-likeness (QED) is 0.705. The van der Waals surface area contributed by atoms with E-state index in [1.807, 2.05) is 60.7 Å². The molecular weight excluding hydrogens is 252 g/mol. The van der Waals surface area contributed by atoms with Crippen LogP contribution in [0, 0.1) is 0 Å². The van der Waals surface area contributed by atoms with Gasteiger partial charge in [-0.1, -0.05) is 36.4 Å². The average Bonchev–Trinajstić information content (AvgIpc) is 2.48. The van der Waals surface area contributed by atoms with Crippen molar-refractivity contribution < 1.29 is 0 Å². The van der Waals surface area contributed by atoms with E-state index >= 15 is 0 Å². The van der Waals surface area contributed by atoms with Crippen LogP contribution in [0.3, 0.4) is 0 Å². The molecule has 0 aliphatic heterocycles. The van der Waals surface area contributed by atoms with Gasteiger partial charge in [-0.3, -0.25) is 4.98 Å². The summed E-state index contributed by atoms with van der Waals surface area (Å²) in [6.45, 7) is 0. The average molecular weight is 264 g/mol. The Bertz CT molecular complexity index is 624. The second-order valence-corrected chi connectivity index (χ2v) is 4.69. The molecule has 19 heavy (non-hydrogen) atoms. The molecule has 2 aromatic heterocycles. The van der Waals surface area contributed by atoms with Gasteiger partial charge in [-0.25, -0.2) is 4.98 Å². The standard InChI is InChI=1S/C16H12N2S/c19-13-10-15(12-6-2-1-3-7-12)18-16(11-13)14-8-4-5-9-17-14/h1-11H,(H,18,19). The van der Waals surface area contributed by atoms with Crippen molar-refractivity contribution >= 4 is 12.6 Å². The predicted molar refractivity (Wildman–Crippen MR) is 80.2 cm³/mol. The van der Waals surface area contributed by atoms with Crippen molar-refractivity contribution in [3.05, 3.63) is 66.9 Å². The molecule has 0 unspecified atom stereocenters. The SMILES string of the molecule is Sc1cc(-c2ccccc2)nc(-c2ccccn2)c1. The fourth-order valence-electron chi connectivity index (χ4n) is 1.92. The predicted octanol–water partition coefficient (Wildman–Crippen LogP) is 4.10. The largest absolute Gasteiger partial charge is 0.255 e. The number of nitrogens with zero attached hydrogens (tertiary/aromatic N) is 2. The van der Waals surface area contributed by atoms with Gasteiger partial charge in [0.25, 0.3) is 0 Å².